The van der Waals surface area contributed by atoms with Crippen LogP contribution < -0.4 is 0 Å². The SMILES string of the molecule is O=C(OC(C(F)(F)F)C(F)(F)S(=O)(=O)O)c1ccn[nH]1. The summed E-state index contributed by atoms with van der Waals surface area (Å²) in [4.78, 5) is 11.1. The number of nitrogens with one attached hydrogen (secondary N) is 1. The lowest BCUT2D eigenvalue weighted by molar-refractivity contribution is -0.248. The van der Waals surface area contributed by atoms with E-state index in [1.54, 1.807) is 0 Å². The van der Waals surface area contributed by atoms with Crippen LogP contribution in [0.3, 0.4) is 0 Å². The summed E-state index contributed by atoms with van der Waals surface area (Å²) in [6, 6.07) is 0.807. The molecule has 0 radical (unpaired) electrons. The zero-order valence-corrected chi connectivity index (χ0v) is 9.87. The van der Waals surface area contributed by atoms with Crippen molar-refractivity contribution in [2.24, 2.45) is 0 Å². The fourth-order valence-corrected chi connectivity index (χ4v) is 1.45. The van der Waals surface area contributed by atoms with Gasteiger partial charge in [0.05, 0.1) is 0 Å². The predicted molar refractivity (Wildman–Crippen MR) is 50.3 cm³/mol. The average Bonchev–Trinajstić information content (AvgIpc) is 2.75. The van der Waals surface area contributed by atoms with Gasteiger partial charge in [0.1, 0.15) is 5.69 Å². The van der Waals surface area contributed by atoms with Crippen molar-refractivity contribution >= 4 is 16.1 Å². The number of halogens is 5. The molecule has 0 aliphatic carbocycles. The van der Waals surface area contributed by atoms with Gasteiger partial charge in [0, 0.05) is 6.20 Å². The second-order valence-corrected chi connectivity index (χ2v) is 4.83. The Morgan fingerprint density at radius 2 is 1.90 bits per heavy atom. The summed E-state index contributed by atoms with van der Waals surface area (Å²) >= 11 is 0. The van der Waals surface area contributed by atoms with Gasteiger partial charge in [-0.2, -0.15) is 35.5 Å². The average molecular weight is 324 g/mol. The van der Waals surface area contributed by atoms with E-state index in [-0.39, 0.29) is 0 Å². The van der Waals surface area contributed by atoms with Gasteiger partial charge >= 0.3 is 27.5 Å². The molecule has 1 heterocycles. The van der Waals surface area contributed by atoms with E-state index < -0.39 is 39.3 Å². The van der Waals surface area contributed by atoms with E-state index in [0.717, 1.165) is 12.3 Å². The van der Waals surface area contributed by atoms with E-state index in [1.165, 1.54) is 0 Å². The number of hydrogen-bond acceptors (Lipinski definition) is 5. The minimum absolute atomic E-state index is 0.717. The van der Waals surface area contributed by atoms with E-state index in [2.05, 4.69) is 9.84 Å². The Labute approximate surface area is 107 Å². The number of ether oxygens (including phenoxy) is 1. The van der Waals surface area contributed by atoms with Gasteiger partial charge in [0.15, 0.2) is 0 Å². The first-order valence-electron chi connectivity index (χ1n) is 4.49. The molecule has 0 saturated carbocycles. The van der Waals surface area contributed by atoms with Crippen LogP contribution in [0.1, 0.15) is 10.5 Å². The van der Waals surface area contributed by atoms with Gasteiger partial charge in [0.2, 0.25) is 0 Å². The summed E-state index contributed by atoms with van der Waals surface area (Å²) in [6.07, 6.45) is -9.39. The van der Waals surface area contributed by atoms with Crippen molar-refractivity contribution in [3.63, 3.8) is 0 Å². The number of carbonyl (C=O) groups is 1. The van der Waals surface area contributed by atoms with Gasteiger partial charge in [-0.25, -0.2) is 4.79 Å². The van der Waals surface area contributed by atoms with Crippen molar-refractivity contribution in [3.05, 3.63) is 18.0 Å². The van der Waals surface area contributed by atoms with Crippen molar-refractivity contribution in [2.45, 2.75) is 17.5 Å². The Balaban J connectivity index is 3.13. The number of nitrogens with zero attached hydrogens (tertiary/aromatic N) is 1. The second-order valence-electron chi connectivity index (χ2n) is 3.33. The number of alkyl halides is 5. The number of aromatic nitrogens is 2. The van der Waals surface area contributed by atoms with Crippen LogP contribution in [-0.2, 0) is 14.9 Å². The molecular weight excluding hydrogens is 319 g/mol. The number of rotatable bonds is 4. The molecule has 0 saturated heterocycles. The van der Waals surface area contributed by atoms with Crippen LogP contribution in [-0.4, -0.2) is 46.7 Å². The highest BCUT2D eigenvalue weighted by molar-refractivity contribution is 7.86. The molecule has 0 amide bonds. The third-order valence-corrected chi connectivity index (χ3v) is 2.79. The standard InChI is InChI=1S/C7H5F5N2O5S/c8-6(9,10)5(7(11,12)20(16,17)18)19-4(15)3-1-2-13-14-3/h1-2,5H,(H,13,14)(H,16,17,18). The van der Waals surface area contributed by atoms with Gasteiger partial charge in [-0.3, -0.25) is 9.65 Å². The maximum atomic E-state index is 13.0. The zero-order chi connectivity index (χ0) is 15.8. The first-order chi connectivity index (χ1) is 8.87. The Hall–Kier alpha value is -1.76. The third-order valence-electron chi connectivity index (χ3n) is 1.89. The molecule has 7 nitrogen and oxygen atoms in total. The van der Waals surface area contributed by atoms with Crippen LogP contribution in [0, 0.1) is 0 Å². The molecule has 20 heavy (non-hydrogen) atoms. The van der Waals surface area contributed by atoms with Gasteiger partial charge in [-0.05, 0) is 6.07 Å². The Kier molecular flexibility index (Phi) is 4.05. The molecule has 0 spiro atoms. The first kappa shape index (κ1) is 16.3. The van der Waals surface area contributed by atoms with Gasteiger partial charge in [-0.1, -0.05) is 0 Å². The van der Waals surface area contributed by atoms with Crippen LogP contribution in [0.5, 0.6) is 0 Å². The zero-order valence-electron chi connectivity index (χ0n) is 9.06. The third kappa shape index (κ3) is 3.22. The number of aromatic amines is 1. The fourth-order valence-electron chi connectivity index (χ4n) is 1.00. The lowest BCUT2D eigenvalue weighted by Crippen LogP contribution is -2.52. The van der Waals surface area contributed by atoms with E-state index >= 15 is 0 Å². The number of esters is 1. The molecule has 13 heteroatoms. The minimum atomic E-state index is -6.46. The predicted octanol–water partition coefficient (Wildman–Crippen LogP) is 0.978. The maximum absolute atomic E-state index is 13.0. The van der Waals surface area contributed by atoms with Crippen LogP contribution in [0.2, 0.25) is 0 Å². The lowest BCUT2D eigenvalue weighted by atomic mass is 10.3. The van der Waals surface area contributed by atoms with Crippen LogP contribution in [0.4, 0.5) is 22.0 Å². The van der Waals surface area contributed by atoms with Crippen molar-refractivity contribution in [2.75, 3.05) is 0 Å². The van der Waals surface area contributed by atoms with Crippen LogP contribution in [0.15, 0.2) is 12.3 Å². The molecule has 2 N–H and O–H groups in total. The van der Waals surface area contributed by atoms with E-state index in [9.17, 15) is 35.2 Å². The molecule has 1 aromatic rings. The van der Waals surface area contributed by atoms with Crippen molar-refractivity contribution in [1.29, 1.82) is 0 Å². The molecule has 0 aromatic carbocycles. The summed E-state index contributed by atoms with van der Waals surface area (Å²) in [7, 11) is -6.46. The highest BCUT2D eigenvalue weighted by atomic mass is 32.2. The Morgan fingerprint density at radius 3 is 2.25 bits per heavy atom. The van der Waals surface area contributed by atoms with Crippen molar-refractivity contribution in [3.8, 4) is 0 Å². The van der Waals surface area contributed by atoms with E-state index in [1.807, 2.05) is 5.10 Å². The highest BCUT2D eigenvalue weighted by Gasteiger charge is 2.66. The summed E-state index contributed by atoms with van der Waals surface area (Å²) in [5.74, 6) is -1.92. The van der Waals surface area contributed by atoms with E-state index in [4.69, 9.17) is 4.55 Å². The first-order valence-corrected chi connectivity index (χ1v) is 5.93. The van der Waals surface area contributed by atoms with Crippen molar-refractivity contribution < 1.29 is 44.5 Å². The molecule has 1 unspecified atom stereocenters. The molecule has 0 fully saturated rings. The molecule has 0 aliphatic rings. The Morgan fingerprint density at radius 1 is 1.35 bits per heavy atom. The molecule has 1 rings (SSSR count). The summed E-state index contributed by atoms with van der Waals surface area (Å²) in [5, 5.41) is -0.766. The monoisotopic (exact) mass is 324 g/mol. The largest absolute Gasteiger partial charge is 0.440 e. The second kappa shape index (κ2) is 4.97. The summed E-state index contributed by atoms with van der Waals surface area (Å²) < 4.78 is 95.4. The molecule has 114 valence electrons. The van der Waals surface area contributed by atoms with Crippen LogP contribution in [0.25, 0.3) is 0 Å². The molecule has 1 aromatic heterocycles. The summed E-state index contributed by atoms with van der Waals surface area (Å²) in [6.45, 7) is 0. The quantitative estimate of drug-likeness (QED) is 0.485. The van der Waals surface area contributed by atoms with Crippen LogP contribution >= 0.6 is 0 Å². The van der Waals surface area contributed by atoms with Gasteiger partial charge in [0.25, 0.3) is 6.10 Å². The molecule has 0 aliphatic heterocycles. The normalized spacial score (nSPS) is 14.9. The molecular formula is C7H5F5N2O5S. The minimum Gasteiger partial charge on any atom is -0.440 e. The van der Waals surface area contributed by atoms with E-state index in [0.29, 0.717) is 0 Å². The Bertz CT molecular complexity index is 581. The number of hydrogen-bond donors (Lipinski definition) is 2. The van der Waals surface area contributed by atoms with Gasteiger partial charge < -0.3 is 4.74 Å². The fraction of sp³-hybridized carbons (Fsp3) is 0.429. The molecule has 0 bridgehead atoms. The smallest absolute Gasteiger partial charge is 0.432 e. The lowest BCUT2D eigenvalue weighted by Gasteiger charge is -2.25. The molecule has 1 atom stereocenters. The number of H-pyrrole nitrogens is 1. The maximum Gasteiger partial charge on any atom is 0.432 e. The summed E-state index contributed by atoms with van der Waals surface area (Å²) in [5.41, 5.74) is -0.717. The topological polar surface area (TPSA) is 109 Å². The van der Waals surface area contributed by atoms with Crippen molar-refractivity contribution in [1.82, 2.24) is 10.2 Å². The number of carbonyl (C=O) groups excluding carboxylic acids is 1. The van der Waals surface area contributed by atoms with Gasteiger partial charge in [-0.15, -0.1) is 0 Å². The highest BCUT2D eigenvalue weighted by Crippen LogP contribution is 2.38.